The number of esters is 1. The zero-order valence-corrected chi connectivity index (χ0v) is 11.7. The van der Waals surface area contributed by atoms with Crippen LogP contribution in [0.25, 0.3) is 6.08 Å². The number of benzene rings is 1. The van der Waals surface area contributed by atoms with Crippen molar-refractivity contribution >= 4 is 17.8 Å². The third-order valence-corrected chi connectivity index (χ3v) is 2.50. The number of carbonyl (C=O) groups excluding carboxylic acids is 2. The van der Waals surface area contributed by atoms with Gasteiger partial charge < -0.3 is 9.47 Å². The third kappa shape index (κ3) is 7.48. The Balaban J connectivity index is 2.10. The molecule has 1 aromatic carbocycles. The van der Waals surface area contributed by atoms with Gasteiger partial charge in [-0.05, 0) is 12.5 Å². The van der Waals surface area contributed by atoms with E-state index in [4.69, 9.17) is 9.47 Å². The molecule has 20 heavy (non-hydrogen) atoms. The Hall–Kier alpha value is -1.94. The van der Waals surface area contributed by atoms with Crippen LogP contribution in [0.4, 0.5) is 0 Å². The quantitative estimate of drug-likeness (QED) is 0.514. The number of hydrogen-bond acceptors (Lipinski definition) is 4. The summed E-state index contributed by atoms with van der Waals surface area (Å²) in [5, 5.41) is 0. The molecule has 0 saturated carbocycles. The van der Waals surface area contributed by atoms with Crippen LogP contribution in [0.5, 0.6) is 0 Å². The molecule has 0 amide bonds. The van der Waals surface area contributed by atoms with Crippen molar-refractivity contribution in [1.82, 2.24) is 0 Å². The lowest BCUT2D eigenvalue weighted by molar-refractivity contribution is -0.144. The molecule has 0 aliphatic rings. The van der Waals surface area contributed by atoms with Crippen molar-refractivity contribution in [3.8, 4) is 0 Å². The summed E-state index contributed by atoms with van der Waals surface area (Å²) in [5.41, 5.74) is 1.09. The Kier molecular flexibility index (Phi) is 7.99. The lowest BCUT2D eigenvalue weighted by atomic mass is 10.2. The minimum atomic E-state index is -0.343. The molecule has 0 aromatic heterocycles. The normalized spacial score (nSPS) is 10.7. The van der Waals surface area contributed by atoms with Crippen LogP contribution >= 0.6 is 0 Å². The molecule has 0 N–H and O–H groups in total. The van der Waals surface area contributed by atoms with Gasteiger partial charge in [-0.25, -0.2) is 0 Å². The highest BCUT2D eigenvalue weighted by Crippen LogP contribution is 2.01. The van der Waals surface area contributed by atoms with Crippen molar-refractivity contribution in [2.75, 3.05) is 19.8 Å². The highest BCUT2D eigenvalue weighted by atomic mass is 16.5. The van der Waals surface area contributed by atoms with E-state index in [1.54, 1.807) is 6.92 Å². The zero-order chi connectivity index (χ0) is 14.6. The van der Waals surface area contributed by atoms with Gasteiger partial charge in [0.1, 0.15) is 6.61 Å². The number of ether oxygens (including phenoxy) is 2. The molecule has 0 fully saturated rings. The molecule has 0 saturated heterocycles. The summed E-state index contributed by atoms with van der Waals surface area (Å²) >= 11 is 0. The second kappa shape index (κ2) is 9.92. The molecule has 4 heteroatoms. The van der Waals surface area contributed by atoms with Gasteiger partial charge in [-0.3, -0.25) is 9.59 Å². The summed E-state index contributed by atoms with van der Waals surface area (Å²) in [6, 6.07) is 9.84. The average Bonchev–Trinajstić information content (AvgIpc) is 2.46. The van der Waals surface area contributed by atoms with Gasteiger partial charge >= 0.3 is 5.97 Å². The Bertz CT molecular complexity index is 437. The van der Waals surface area contributed by atoms with E-state index >= 15 is 0 Å². The van der Waals surface area contributed by atoms with Crippen molar-refractivity contribution in [2.24, 2.45) is 0 Å². The largest absolute Gasteiger partial charge is 0.466 e. The topological polar surface area (TPSA) is 52.6 Å². The van der Waals surface area contributed by atoms with E-state index in [9.17, 15) is 9.59 Å². The molecule has 0 unspecified atom stereocenters. The fraction of sp³-hybridized carbons (Fsp3) is 0.375. The summed E-state index contributed by atoms with van der Waals surface area (Å²) < 4.78 is 9.96. The van der Waals surface area contributed by atoms with Crippen LogP contribution in [-0.2, 0) is 19.1 Å². The summed E-state index contributed by atoms with van der Waals surface area (Å²) in [6.45, 7) is 2.48. The van der Waals surface area contributed by atoms with Gasteiger partial charge in [0, 0.05) is 6.42 Å². The number of carbonyl (C=O) groups is 2. The van der Waals surface area contributed by atoms with E-state index in [1.165, 1.54) is 0 Å². The van der Waals surface area contributed by atoms with E-state index < -0.39 is 0 Å². The second-order valence-electron chi connectivity index (χ2n) is 4.17. The Morgan fingerprint density at radius 1 is 1.15 bits per heavy atom. The molecule has 0 aliphatic heterocycles. The predicted molar refractivity (Wildman–Crippen MR) is 77.2 cm³/mol. The van der Waals surface area contributed by atoms with Gasteiger partial charge in [-0.2, -0.15) is 0 Å². The standard InChI is InChI=1S/C16H20O4/c1-2-20-16(18)11-10-15(17)13-19-12-6-9-14-7-4-3-5-8-14/h3-9H,2,10-13H2,1H3/b9-6+. The maximum atomic E-state index is 11.4. The van der Waals surface area contributed by atoms with Crippen molar-refractivity contribution in [1.29, 1.82) is 0 Å². The number of rotatable bonds is 9. The molecule has 1 rings (SSSR count). The summed E-state index contributed by atoms with van der Waals surface area (Å²) in [5.74, 6) is -0.434. The van der Waals surface area contributed by atoms with Crippen LogP contribution < -0.4 is 0 Å². The highest BCUT2D eigenvalue weighted by molar-refractivity contribution is 5.83. The maximum Gasteiger partial charge on any atom is 0.306 e. The molecule has 0 heterocycles. The first kappa shape index (κ1) is 16.1. The smallest absolute Gasteiger partial charge is 0.306 e. The Morgan fingerprint density at radius 3 is 2.60 bits per heavy atom. The van der Waals surface area contributed by atoms with Crippen molar-refractivity contribution in [3.63, 3.8) is 0 Å². The van der Waals surface area contributed by atoms with E-state index in [1.807, 2.05) is 42.5 Å². The van der Waals surface area contributed by atoms with Gasteiger partial charge in [-0.1, -0.05) is 42.5 Å². The lowest BCUT2D eigenvalue weighted by Crippen LogP contribution is -2.12. The summed E-state index contributed by atoms with van der Waals surface area (Å²) in [6.07, 6.45) is 4.08. The first-order valence-corrected chi connectivity index (χ1v) is 6.69. The van der Waals surface area contributed by atoms with Crippen molar-refractivity contribution in [3.05, 3.63) is 42.0 Å². The number of ketones is 1. The SMILES string of the molecule is CCOC(=O)CCC(=O)COC/C=C/c1ccccc1. The van der Waals surface area contributed by atoms with Crippen LogP contribution in [0.3, 0.4) is 0 Å². The van der Waals surface area contributed by atoms with Gasteiger partial charge in [0.25, 0.3) is 0 Å². The van der Waals surface area contributed by atoms with E-state index in [0.29, 0.717) is 13.2 Å². The van der Waals surface area contributed by atoms with Gasteiger partial charge in [0.05, 0.1) is 19.6 Å². The molecule has 108 valence electrons. The molecule has 0 aliphatic carbocycles. The van der Waals surface area contributed by atoms with Crippen LogP contribution in [0, 0.1) is 0 Å². The molecule has 0 atom stereocenters. The van der Waals surface area contributed by atoms with E-state index in [2.05, 4.69) is 0 Å². The molecular weight excluding hydrogens is 256 g/mol. The van der Waals surface area contributed by atoms with Gasteiger partial charge in [0.2, 0.25) is 0 Å². The zero-order valence-electron chi connectivity index (χ0n) is 11.7. The minimum absolute atomic E-state index is 0.0263. The van der Waals surface area contributed by atoms with Crippen LogP contribution in [-0.4, -0.2) is 31.6 Å². The third-order valence-electron chi connectivity index (χ3n) is 2.50. The average molecular weight is 276 g/mol. The van der Waals surface area contributed by atoms with E-state index in [-0.39, 0.29) is 31.2 Å². The number of hydrogen-bond donors (Lipinski definition) is 0. The fourth-order valence-electron chi connectivity index (χ4n) is 1.54. The molecule has 1 aromatic rings. The maximum absolute atomic E-state index is 11.4. The van der Waals surface area contributed by atoms with Crippen molar-refractivity contribution in [2.45, 2.75) is 19.8 Å². The van der Waals surface area contributed by atoms with Crippen LogP contribution in [0.1, 0.15) is 25.3 Å². The fourth-order valence-corrected chi connectivity index (χ4v) is 1.54. The predicted octanol–water partition coefficient (Wildman–Crippen LogP) is 2.63. The van der Waals surface area contributed by atoms with Gasteiger partial charge in [0.15, 0.2) is 5.78 Å². The van der Waals surface area contributed by atoms with Crippen LogP contribution in [0.15, 0.2) is 36.4 Å². The molecule has 4 nitrogen and oxygen atoms in total. The molecule has 0 bridgehead atoms. The first-order chi connectivity index (χ1) is 9.72. The number of Topliss-reactive ketones (excluding diaryl/α,β-unsaturated/α-hetero) is 1. The summed E-state index contributed by atoms with van der Waals surface area (Å²) in [4.78, 5) is 22.5. The summed E-state index contributed by atoms with van der Waals surface area (Å²) in [7, 11) is 0. The Labute approximate surface area is 119 Å². The Morgan fingerprint density at radius 2 is 1.90 bits per heavy atom. The lowest BCUT2D eigenvalue weighted by Gasteiger charge is -2.02. The monoisotopic (exact) mass is 276 g/mol. The van der Waals surface area contributed by atoms with Gasteiger partial charge in [-0.15, -0.1) is 0 Å². The first-order valence-electron chi connectivity index (χ1n) is 6.69. The second-order valence-corrected chi connectivity index (χ2v) is 4.17. The molecule has 0 radical (unpaired) electrons. The minimum Gasteiger partial charge on any atom is -0.466 e. The molecule has 0 spiro atoms. The van der Waals surface area contributed by atoms with Crippen molar-refractivity contribution < 1.29 is 19.1 Å². The molecular formula is C16H20O4. The highest BCUT2D eigenvalue weighted by Gasteiger charge is 2.07. The van der Waals surface area contributed by atoms with Crippen LogP contribution in [0.2, 0.25) is 0 Å². The van der Waals surface area contributed by atoms with E-state index in [0.717, 1.165) is 5.56 Å².